The first-order valence-corrected chi connectivity index (χ1v) is 8.62. The molecule has 118 valence electrons. The summed E-state index contributed by atoms with van der Waals surface area (Å²) >= 11 is 0. The zero-order valence-electron chi connectivity index (χ0n) is 12.0. The first kappa shape index (κ1) is 17.8. The lowest BCUT2D eigenvalue weighted by atomic mass is 10.1. The molecule has 1 aromatic carbocycles. The summed E-state index contributed by atoms with van der Waals surface area (Å²) in [6.07, 6.45) is 4.46. The SMILES string of the molecule is CCCCCCC(=O)Nc1ccc(C(F)P(=O)(O)O)cc1. The largest absolute Gasteiger partial charge is 0.363 e. The van der Waals surface area contributed by atoms with Gasteiger partial charge in [-0.3, -0.25) is 9.36 Å². The van der Waals surface area contributed by atoms with Crippen LogP contribution in [0, 0.1) is 0 Å². The van der Waals surface area contributed by atoms with Crippen molar-refractivity contribution in [2.45, 2.75) is 44.9 Å². The van der Waals surface area contributed by atoms with Crippen LogP contribution in [0.2, 0.25) is 0 Å². The lowest BCUT2D eigenvalue weighted by Crippen LogP contribution is -2.11. The van der Waals surface area contributed by atoms with E-state index in [1.165, 1.54) is 24.3 Å². The van der Waals surface area contributed by atoms with Crippen LogP contribution in [0.1, 0.15) is 50.5 Å². The van der Waals surface area contributed by atoms with E-state index in [0.29, 0.717) is 12.1 Å². The Labute approximate surface area is 123 Å². The van der Waals surface area contributed by atoms with Gasteiger partial charge in [-0.2, -0.15) is 0 Å². The van der Waals surface area contributed by atoms with E-state index in [9.17, 15) is 13.8 Å². The molecule has 1 rings (SSSR count). The number of anilines is 1. The molecule has 0 bridgehead atoms. The summed E-state index contributed by atoms with van der Waals surface area (Å²) in [5, 5.41) is 2.67. The Morgan fingerprint density at radius 3 is 2.38 bits per heavy atom. The van der Waals surface area contributed by atoms with Crippen LogP contribution in [0.25, 0.3) is 0 Å². The summed E-state index contributed by atoms with van der Waals surface area (Å²) in [7, 11) is -4.80. The zero-order valence-corrected chi connectivity index (χ0v) is 12.9. The third-order valence-corrected chi connectivity index (χ3v) is 3.91. The van der Waals surface area contributed by atoms with Gasteiger partial charge in [0.15, 0.2) is 0 Å². The van der Waals surface area contributed by atoms with E-state index in [-0.39, 0.29) is 11.5 Å². The van der Waals surface area contributed by atoms with Gasteiger partial charge < -0.3 is 15.1 Å². The molecule has 1 atom stereocenters. The molecule has 3 N–H and O–H groups in total. The van der Waals surface area contributed by atoms with E-state index >= 15 is 0 Å². The quantitative estimate of drug-likeness (QED) is 0.503. The van der Waals surface area contributed by atoms with Crippen molar-refractivity contribution in [3.63, 3.8) is 0 Å². The molecule has 0 aliphatic carbocycles. The summed E-state index contributed by atoms with van der Waals surface area (Å²) in [6.45, 7) is 2.09. The molecule has 21 heavy (non-hydrogen) atoms. The number of hydrogen-bond donors (Lipinski definition) is 3. The Bertz CT molecular complexity index is 500. The fourth-order valence-corrected chi connectivity index (χ4v) is 2.42. The van der Waals surface area contributed by atoms with Crippen LogP contribution >= 0.6 is 7.60 Å². The van der Waals surface area contributed by atoms with Gasteiger partial charge in [-0.1, -0.05) is 38.3 Å². The van der Waals surface area contributed by atoms with Gasteiger partial charge >= 0.3 is 7.60 Å². The molecule has 0 aromatic heterocycles. The highest BCUT2D eigenvalue weighted by Gasteiger charge is 2.29. The minimum absolute atomic E-state index is 0.107. The Hall–Kier alpha value is -1.23. The Morgan fingerprint density at radius 1 is 1.24 bits per heavy atom. The molecule has 0 fully saturated rings. The summed E-state index contributed by atoms with van der Waals surface area (Å²) in [5.41, 5.74) is 0.376. The second-order valence-corrected chi connectivity index (χ2v) is 6.54. The normalized spacial score (nSPS) is 13.0. The molecule has 1 amide bonds. The van der Waals surface area contributed by atoms with Gasteiger partial charge in [0, 0.05) is 12.1 Å². The molecule has 7 heteroatoms. The average Bonchev–Trinajstić information content (AvgIpc) is 2.43. The predicted molar refractivity (Wildman–Crippen MR) is 79.7 cm³/mol. The number of amides is 1. The number of benzene rings is 1. The molecule has 0 saturated carbocycles. The van der Waals surface area contributed by atoms with Crippen molar-refractivity contribution in [2.24, 2.45) is 0 Å². The number of unbranched alkanes of at least 4 members (excludes halogenated alkanes) is 3. The van der Waals surface area contributed by atoms with Gasteiger partial charge in [0.05, 0.1) is 0 Å². The predicted octanol–water partition coefficient (Wildman–Crippen LogP) is 3.74. The van der Waals surface area contributed by atoms with Crippen LogP contribution in [0.5, 0.6) is 0 Å². The summed E-state index contributed by atoms with van der Waals surface area (Å²) in [6, 6.07) is 5.38. The average molecular weight is 317 g/mol. The van der Waals surface area contributed by atoms with E-state index in [4.69, 9.17) is 9.79 Å². The maximum absolute atomic E-state index is 13.4. The van der Waals surface area contributed by atoms with Crippen molar-refractivity contribution in [3.8, 4) is 0 Å². The van der Waals surface area contributed by atoms with Gasteiger partial charge in [0.2, 0.25) is 11.8 Å². The highest BCUT2D eigenvalue weighted by atomic mass is 31.2. The number of carbonyl (C=O) groups excluding carboxylic acids is 1. The van der Waals surface area contributed by atoms with E-state index in [1.54, 1.807) is 0 Å². The first-order chi connectivity index (χ1) is 9.84. The standard InChI is InChI=1S/C14H21FNO4P/c1-2-3-4-5-6-13(17)16-12-9-7-11(8-10-12)14(15)21(18,19)20/h7-10,14H,2-6H2,1H3,(H,16,17)(H2,18,19,20). The lowest BCUT2D eigenvalue weighted by Gasteiger charge is -2.11. The summed E-state index contributed by atoms with van der Waals surface area (Å²) in [5.74, 6) is -2.46. The molecule has 1 aromatic rings. The van der Waals surface area contributed by atoms with Crippen molar-refractivity contribution < 1.29 is 23.5 Å². The minimum atomic E-state index is -4.80. The van der Waals surface area contributed by atoms with Crippen LogP contribution in [-0.4, -0.2) is 15.7 Å². The monoisotopic (exact) mass is 317 g/mol. The maximum Gasteiger partial charge on any atom is 0.363 e. The second kappa shape index (κ2) is 8.27. The molecule has 5 nitrogen and oxygen atoms in total. The van der Waals surface area contributed by atoms with Crippen molar-refractivity contribution in [3.05, 3.63) is 29.8 Å². The van der Waals surface area contributed by atoms with Crippen molar-refractivity contribution >= 4 is 19.2 Å². The number of hydrogen-bond acceptors (Lipinski definition) is 2. The molecule has 0 heterocycles. The Kier molecular flexibility index (Phi) is 7.02. The van der Waals surface area contributed by atoms with Crippen LogP contribution in [-0.2, 0) is 9.36 Å². The van der Waals surface area contributed by atoms with Gasteiger partial charge in [-0.15, -0.1) is 0 Å². The topological polar surface area (TPSA) is 86.6 Å². The summed E-state index contributed by atoms with van der Waals surface area (Å²) < 4.78 is 24.2. The molecular formula is C14H21FNO4P. The number of alkyl halides is 1. The highest BCUT2D eigenvalue weighted by molar-refractivity contribution is 7.51. The Balaban J connectivity index is 2.51. The fourth-order valence-electron chi connectivity index (χ4n) is 1.86. The van der Waals surface area contributed by atoms with E-state index in [0.717, 1.165) is 25.7 Å². The smallest absolute Gasteiger partial charge is 0.326 e. The van der Waals surface area contributed by atoms with E-state index < -0.39 is 13.5 Å². The highest BCUT2D eigenvalue weighted by Crippen LogP contribution is 2.52. The number of rotatable bonds is 8. The maximum atomic E-state index is 13.4. The van der Waals surface area contributed by atoms with Crippen molar-refractivity contribution in [1.82, 2.24) is 0 Å². The van der Waals surface area contributed by atoms with Gasteiger partial charge in [-0.05, 0) is 24.1 Å². The molecule has 0 spiro atoms. The first-order valence-electron chi connectivity index (χ1n) is 6.93. The fraction of sp³-hybridized carbons (Fsp3) is 0.500. The second-order valence-electron chi connectivity index (χ2n) is 4.91. The number of carbonyl (C=O) groups is 1. The van der Waals surface area contributed by atoms with Crippen LogP contribution < -0.4 is 5.32 Å². The van der Waals surface area contributed by atoms with E-state index in [1.807, 2.05) is 0 Å². The van der Waals surface area contributed by atoms with Crippen LogP contribution in [0.15, 0.2) is 24.3 Å². The molecule has 0 aliphatic rings. The van der Waals surface area contributed by atoms with Crippen LogP contribution in [0.4, 0.5) is 10.1 Å². The van der Waals surface area contributed by atoms with Gasteiger partial charge in [0.25, 0.3) is 0 Å². The van der Waals surface area contributed by atoms with Gasteiger partial charge in [-0.25, -0.2) is 4.39 Å². The molecular weight excluding hydrogens is 296 g/mol. The van der Waals surface area contributed by atoms with E-state index in [2.05, 4.69) is 12.2 Å². The molecule has 0 aliphatic heterocycles. The lowest BCUT2D eigenvalue weighted by molar-refractivity contribution is -0.116. The third-order valence-electron chi connectivity index (χ3n) is 3.02. The molecule has 0 radical (unpaired) electrons. The molecule has 0 saturated heterocycles. The van der Waals surface area contributed by atoms with Gasteiger partial charge in [0.1, 0.15) is 0 Å². The number of nitrogens with one attached hydrogen (secondary N) is 1. The minimum Gasteiger partial charge on any atom is -0.326 e. The zero-order chi connectivity index (χ0) is 15.9. The number of halogens is 1. The van der Waals surface area contributed by atoms with Crippen molar-refractivity contribution in [2.75, 3.05) is 5.32 Å². The van der Waals surface area contributed by atoms with Crippen LogP contribution in [0.3, 0.4) is 0 Å². The summed E-state index contributed by atoms with van der Waals surface area (Å²) in [4.78, 5) is 29.2. The Morgan fingerprint density at radius 2 is 1.86 bits per heavy atom. The van der Waals surface area contributed by atoms with Crippen molar-refractivity contribution in [1.29, 1.82) is 0 Å². The molecule has 1 unspecified atom stereocenters. The third kappa shape index (κ3) is 6.38.